The number of hydrogen-bond acceptors (Lipinski definition) is 1. The van der Waals surface area contributed by atoms with Gasteiger partial charge in [-0.15, -0.1) is 0 Å². The van der Waals surface area contributed by atoms with Crippen LogP contribution in [-0.2, 0) is 4.79 Å². The van der Waals surface area contributed by atoms with Crippen molar-refractivity contribution in [3.8, 4) is 0 Å². The average Bonchev–Trinajstić information content (AvgIpc) is 2.36. The van der Waals surface area contributed by atoms with Crippen LogP contribution in [0.5, 0.6) is 0 Å². The van der Waals surface area contributed by atoms with E-state index in [1.54, 1.807) is 0 Å². The molecule has 0 fully saturated rings. The molecule has 17 heavy (non-hydrogen) atoms. The first-order chi connectivity index (χ1) is 8.20. The van der Waals surface area contributed by atoms with Gasteiger partial charge in [-0.1, -0.05) is 57.5 Å². The molecule has 0 saturated carbocycles. The van der Waals surface area contributed by atoms with Gasteiger partial charge in [0.25, 0.3) is 0 Å². The molecule has 0 aliphatic rings. The van der Waals surface area contributed by atoms with Crippen molar-refractivity contribution < 1.29 is 4.79 Å². The number of carbonyl (C=O) groups is 1. The third kappa shape index (κ3) is 3.99. The molecule has 1 aromatic rings. The lowest BCUT2D eigenvalue weighted by atomic mass is 9.81. The summed E-state index contributed by atoms with van der Waals surface area (Å²) in [7, 11) is 0. The van der Waals surface area contributed by atoms with Gasteiger partial charge < -0.3 is 0 Å². The molecule has 0 amide bonds. The molecule has 0 unspecified atom stereocenters. The number of rotatable bonds is 7. The van der Waals surface area contributed by atoms with E-state index in [-0.39, 0.29) is 5.92 Å². The second-order valence-corrected chi connectivity index (χ2v) is 4.81. The van der Waals surface area contributed by atoms with Crippen LogP contribution in [0.4, 0.5) is 0 Å². The molecule has 0 spiro atoms. The van der Waals surface area contributed by atoms with Gasteiger partial charge in [0.2, 0.25) is 0 Å². The number of carbonyl (C=O) groups excluding carboxylic acids is 1. The third-order valence-corrected chi connectivity index (χ3v) is 3.44. The first-order valence-electron chi connectivity index (χ1n) is 6.78. The van der Waals surface area contributed by atoms with E-state index in [0.717, 1.165) is 25.7 Å². The molecular formula is C16H24O. The van der Waals surface area contributed by atoms with E-state index in [1.165, 1.54) is 5.56 Å². The first kappa shape index (κ1) is 14.0. The summed E-state index contributed by atoms with van der Waals surface area (Å²) in [6.07, 6.45) is 3.77. The lowest BCUT2D eigenvalue weighted by Crippen LogP contribution is -2.20. The van der Waals surface area contributed by atoms with Gasteiger partial charge in [-0.3, -0.25) is 4.79 Å². The predicted octanol–water partition coefficient (Wildman–Crippen LogP) is 4.58. The van der Waals surface area contributed by atoms with E-state index in [9.17, 15) is 4.79 Å². The summed E-state index contributed by atoms with van der Waals surface area (Å²) in [5.74, 6) is 0.975. The van der Waals surface area contributed by atoms with Crippen molar-refractivity contribution in [3.05, 3.63) is 35.9 Å². The van der Waals surface area contributed by atoms with E-state index in [4.69, 9.17) is 0 Å². The highest BCUT2D eigenvalue weighted by atomic mass is 16.1. The highest BCUT2D eigenvalue weighted by Crippen LogP contribution is 2.29. The van der Waals surface area contributed by atoms with Gasteiger partial charge >= 0.3 is 0 Å². The monoisotopic (exact) mass is 232 g/mol. The van der Waals surface area contributed by atoms with Crippen LogP contribution >= 0.6 is 0 Å². The quantitative estimate of drug-likeness (QED) is 0.672. The van der Waals surface area contributed by atoms with Crippen LogP contribution in [0.25, 0.3) is 0 Å². The summed E-state index contributed by atoms with van der Waals surface area (Å²) in [5.41, 5.74) is 1.29. The molecule has 1 nitrogen and oxygen atoms in total. The number of hydrogen-bond donors (Lipinski definition) is 0. The van der Waals surface area contributed by atoms with Crippen molar-refractivity contribution in [2.24, 2.45) is 5.92 Å². The van der Waals surface area contributed by atoms with Crippen LogP contribution in [0.3, 0.4) is 0 Å². The van der Waals surface area contributed by atoms with Crippen LogP contribution < -0.4 is 0 Å². The maximum Gasteiger partial charge on any atom is 0.136 e. The Kier molecular flexibility index (Phi) is 5.96. The van der Waals surface area contributed by atoms with Crippen LogP contribution in [0.1, 0.15) is 57.9 Å². The van der Waals surface area contributed by atoms with Crippen molar-refractivity contribution in [2.45, 2.75) is 52.4 Å². The zero-order valence-corrected chi connectivity index (χ0v) is 11.3. The second kappa shape index (κ2) is 7.26. The maximum atomic E-state index is 12.1. The Morgan fingerprint density at radius 3 is 2.29 bits per heavy atom. The molecule has 0 aromatic heterocycles. The van der Waals surface area contributed by atoms with E-state index in [2.05, 4.69) is 45.0 Å². The summed E-state index contributed by atoms with van der Waals surface area (Å²) in [6, 6.07) is 10.4. The van der Waals surface area contributed by atoms with Crippen LogP contribution in [0.15, 0.2) is 30.3 Å². The Labute approximate surface area is 105 Å². The van der Waals surface area contributed by atoms with Crippen molar-refractivity contribution in [1.29, 1.82) is 0 Å². The minimum absolute atomic E-state index is 0.197. The Balaban J connectivity index is 2.80. The van der Waals surface area contributed by atoms with E-state index in [0.29, 0.717) is 11.7 Å². The third-order valence-electron chi connectivity index (χ3n) is 3.44. The molecule has 0 radical (unpaired) electrons. The van der Waals surface area contributed by atoms with Gasteiger partial charge in [0.05, 0.1) is 0 Å². The fourth-order valence-electron chi connectivity index (χ4n) is 2.42. The van der Waals surface area contributed by atoms with E-state index < -0.39 is 0 Å². The molecule has 1 aromatic carbocycles. The maximum absolute atomic E-state index is 12.1. The zero-order chi connectivity index (χ0) is 12.7. The zero-order valence-electron chi connectivity index (χ0n) is 11.3. The molecule has 0 saturated heterocycles. The highest BCUT2D eigenvalue weighted by Gasteiger charge is 2.24. The summed E-state index contributed by atoms with van der Waals surface area (Å²) in [4.78, 5) is 12.1. The topological polar surface area (TPSA) is 17.1 Å². The minimum Gasteiger partial charge on any atom is -0.299 e. The predicted molar refractivity (Wildman–Crippen MR) is 73.2 cm³/mol. The molecule has 0 aliphatic heterocycles. The minimum atomic E-state index is 0.197. The molecule has 94 valence electrons. The molecular weight excluding hydrogens is 208 g/mol. The smallest absolute Gasteiger partial charge is 0.136 e. The number of ketones is 1. The summed E-state index contributed by atoms with van der Waals surface area (Å²) in [6.45, 7) is 6.42. The Hall–Kier alpha value is -1.11. The molecule has 1 rings (SSSR count). The van der Waals surface area contributed by atoms with Crippen molar-refractivity contribution in [1.82, 2.24) is 0 Å². The van der Waals surface area contributed by atoms with Gasteiger partial charge in [0.15, 0.2) is 0 Å². The normalized spacial score (nSPS) is 14.3. The molecule has 0 heterocycles. The fourth-order valence-corrected chi connectivity index (χ4v) is 2.42. The van der Waals surface area contributed by atoms with Gasteiger partial charge in [-0.2, -0.15) is 0 Å². The van der Waals surface area contributed by atoms with Gasteiger partial charge in [-0.25, -0.2) is 0 Å². The molecule has 2 atom stereocenters. The summed E-state index contributed by atoms with van der Waals surface area (Å²) < 4.78 is 0. The van der Waals surface area contributed by atoms with Gasteiger partial charge in [0.1, 0.15) is 5.78 Å². The first-order valence-corrected chi connectivity index (χ1v) is 6.78. The number of benzene rings is 1. The second-order valence-electron chi connectivity index (χ2n) is 4.81. The van der Waals surface area contributed by atoms with Crippen molar-refractivity contribution in [2.75, 3.05) is 0 Å². The van der Waals surface area contributed by atoms with Crippen LogP contribution in [-0.4, -0.2) is 5.78 Å². The largest absolute Gasteiger partial charge is 0.299 e. The van der Waals surface area contributed by atoms with E-state index >= 15 is 0 Å². The molecule has 0 bridgehead atoms. The number of Topliss-reactive ketones (excluding diaryl/α,β-unsaturated/α-hetero) is 1. The van der Waals surface area contributed by atoms with E-state index in [1.807, 2.05) is 6.07 Å². The highest BCUT2D eigenvalue weighted by molar-refractivity contribution is 5.81. The van der Waals surface area contributed by atoms with Gasteiger partial charge in [0, 0.05) is 12.3 Å². The molecule has 1 heteroatoms. The van der Waals surface area contributed by atoms with Crippen molar-refractivity contribution >= 4 is 5.78 Å². The summed E-state index contributed by atoms with van der Waals surface area (Å²) in [5, 5.41) is 0. The van der Waals surface area contributed by atoms with Crippen LogP contribution in [0, 0.1) is 5.92 Å². The standard InChI is InChI=1S/C16H24O/c1-4-9-15(16(17)10-5-2)13(3)14-11-7-6-8-12-14/h6-8,11-13,15H,4-5,9-10H2,1-3H3/t13-,15+/m0/s1. The van der Waals surface area contributed by atoms with Gasteiger partial charge in [-0.05, 0) is 24.3 Å². The lowest BCUT2D eigenvalue weighted by Gasteiger charge is -2.22. The fraction of sp³-hybridized carbons (Fsp3) is 0.562. The Morgan fingerprint density at radius 2 is 1.76 bits per heavy atom. The van der Waals surface area contributed by atoms with Crippen molar-refractivity contribution in [3.63, 3.8) is 0 Å². The Morgan fingerprint density at radius 1 is 1.12 bits per heavy atom. The molecule has 0 aliphatic carbocycles. The Bertz CT molecular complexity index is 329. The summed E-state index contributed by atoms with van der Waals surface area (Å²) >= 11 is 0. The lowest BCUT2D eigenvalue weighted by molar-refractivity contribution is -0.123. The van der Waals surface area contributed by atoms with Crippen LogP contribution in [0.2, 0.25) is 0 Å². The molecule has 0 N–H and O–H groups in total. The average molecular weight is 232 g/mol. The SMILES string of the molecule is CCCC(=O)[C@H](CCC)[C@@H](C)c1ccccc1.